The quantitative estimate of drug-likeness (QED) is 0.885. The van der Waals surface area contributed by atoms with Gasteiger partial charge in [0.05, 0.1) is 13.2 Å². The molecule has 2 heterocycles. The van der Waals surface area contributed by atoms with Crippen molar-refractivity contribution in [2.45, 2.75) is 12.5 Å². The Balaban J connectivity index is 1.93. The second kappa shape index (κ2) is 6.93. The maximum absolute atomic E-state index is 5.50. The molecule has 114 valence electrons. The number of ether oxygens (including phenoxy) is 1. The van der Waals surface area contributed by atoms with Gasteiger partial charge in [-0.3, -0.25) is 4.98 Å². The minimum Gasteiger partial charge on any atom is -0.496 e. The van der Waals surface area contributed by atoms with Gasteiger partial charge >= 0.3 is 0 Å². The van der Waals surface area contributed by atoms with Crippen molar-refractivity contribution in [3.05, 3.63) is 59.9 Å². The number of aliphatic imine (C=N–C) groups is 1. The van der Waals surface area contributed by atoms with Gasteiger partial charge in [0, 0.05) is 37.5 Å². The zero-order valence-corrected chi connectivity index (χ0v) is 12.6. The number of nitrogens with one attached hydrogen (secondary N) is 2. The zero-order valence-electron chi connectivity index (χ0n) is 12.6. The van der Waals surface area contributed by atoms with Crippen molar-refractivity contribution < 1.29 is 4.74 Å². The van der Waals surface area contributed by atoms with Crippen LogP contribution < -0.4 is 15.4 Å². The van der Waals surface area contributed by atoms with Crippen LogP contribution >= 0.6 is 0 Å². The summed E-state index contributed by atoms with van der Waals surface area (Å²) in [4.78, 5) is 9.03. The van der Waals surface area contributed by atoms with Gasteiger partial charge in [-0.2, -0.15) is 0 Å². The third-order valence-corrected chi connectivity index (χ3v) is 3.64. The lowest BCUT2D eigenvalue weighted by atomic mass is 9.99. The first-order chi connectivity index (χ1) is 10.9. The molecule has 22 heavy (non-hydrogen) atoms. The topological polar surface area (TPSA) is 58.5 Å². The van der Waals surface area contributed by atoms with Crippen LogP contribution in [-0.4, -0.2) is 31.1 Å². The van der Waals surface area contributed by atoms with E-state index in [1.54, 1.807) is 13.3 Å². The van der Waals surface area contributed by atoms with Gasteiger partial charge in [0.25, 0.3) is 0 Å². The zero-order chi connectivity index (χ0) is 15.2. The highest BCUT2D eigenvalue weighted by molar-refractivity contribution is 5.81. The second-order valence-corrected chi connectivity index (χ2v) is 5.15. The van der Waals surface area contributed by atoms with Crippen LogP contribution in [0, 0.1) is 0 Å². The molecule has 5 heteroatoms. The fraction of sp³-hybridized carbons (Fsp3) is 0.294. The summed E-state index contributed by atoms with van der Waals surface area (Å²) >= 11 is 0. The van der Waals surface area contributed by atoms with E-state index in [4.69, 9.17) is 9.73 Å². The molecule has 1 atom stereocenters. The van der Waals surface area contributed by atoms with E-state index in [1.165, 1.54) is 0 Å². The lowest BCUT2D eigenvalue weighted by Crippen LogP contribution is -2.25. The van der Waals surface area contributed by atoms with Crippen molar-refractivity contribution in [2.75, 3.05) is 20.2 Å². The van der Waals surface area contributed by atoms with E-state index in [0.717, 1.165) is 42.3 Å². The fourth-order valence-electron chi connectivity index (χ4n) is 2.58. The molecule has 1 aliphatic rings. The summed E-state index contributed by atoms with van der Waals surface area (Å²) in [5.41, 5.74) is 2.23. The van der Waals surface area contributed by atoms with Gasteiger partial charge in [-0.15, -0.1) is 0 Å². The number of methoxy groups -OCH3 is 1. The summed E-state index contributed by atoms with van der Waals surface area (Å²) in [6.07, 6.45) is 4.45. The summed E-state index contributed by atoms with van der Waals surface area (Å²) in [5, 5.41) is 6.53. The highest BCUT2D eigenvalue weighted by atomic mass is 16.5. The maximum Gasteiger partial charge on any atom is 0.192 e. The number of para-hydroxylation sites is 1. The number of nitrogens with zero attached hydrogens (tertiary/aromatic N) is 2. The molecule has 0 spiro atoms. The lowest BCUT2D eigenvalue weighted by Gasteiger charge is -2.17. The molecule has 0 saturated carbocycles. The van der Waals surface area contributed by atoms with Crippen molar-refractivity contribution in [1.82, 2.24) is 15.6 Å². The van der Waals surface area contributed by atoms with Crippen molar-refractivity contribution in [2.24, 2.45) is 4.99 Å². The minimum atomic E-state index is -0.0200. The van der Waals surface area contributed by atoms with E-state index < -0.39 is 0 Å². The summed E-state index contributed by atoms with van der Waals surface area (Å²) in [7, 11) is 1.69. The summed E-state index contributed by atoms with van der Waals surface area (Å²) in [6.45, 7) is 1.81. The van der Waals surface area contributed by atoms with Crippen molar-refractivity contribution >= 4 is 5.96 Å². The molecule has 1 fully saturated rings. The molecule has 2 N–H and O–H groups in total. The highest BCUT2D eigenvalue weighted by Gasteiger charge is 2.18. The number of aromatic nitrogens is 1. The van der Waals surface area contributed by atoms with Gasteiger partial charge in [-0.05, 0) is 17.7 Å². The first-order valence-corrected chi connectivity index (χ1v) is 7.44. The van der Waals surface area contributed by atoms with Crippen molar-refractivity contribution in [3.63, 3.8) is 0 Å². The van der Waals surface area contributed by atoms with E-state index in [0.29, 0.717) is 0 Å². The Morgan fingerprint density at radius 1 is 1.18 bits per heavy atom. The molecule has 0 bridgehead atoms. The van der Waals surface area contributed by atoms with Gasteiger partial charge in [0.1, 0.15) is 5.75 Å². The first kappa shape index (κ1) is 14.4. The normalized spacial score (nSPS) is 14.9. The Morgan fingerprint density at radius 2 is 2.00 bits per heavy atom. The molecule has 1 saturated heterocycles. The first-order valence-electron chi connectivity index (χ1n) is 7.44. The predicted octanol–water partition coefficient (Wildman–Crippen LogP) is 1.92. The fourth-order valence-corrected chi connectivity index (χ4v) is 2.58. The minimum absolute atomic E-state index is 0.0200. The molecule has 1 unspecified atom stereocenters. The Labute approximate surface area is 130 Å². The Hall–Kier alpha value is -2.56. The molecule has 1 aromatic carbocycles. The van der Waals surface area contributed by atoms with Crippen LogP contribution in [-0.2, 0) is 6.42 Å². The number of rotatable bonds is 5. The van der Waals surface area contributed by atoms with E-state index in [-0.39, 0.29) is 6.04 Å². The van der Waals surface area contributed by atoms with Crippen LogP contribution in [0.4, 0.5) is 0 Å². The van der Waals surface area contributed by atoms with Crippen LogP contribution in [0.15, 0.2) is 53.8 Å². The highest BCUT2D eigenvalue weighted by Crippen LogP contribution is 2.30. The third-order valence-electron chi connectivity index (χ3n) is 3.64. The largest absolute Gasteiger partial charge is 0.496 e. The van der Waals surface area contributed by atoms with Gasteiger partial charge in [-0.1, -0.05) is 24.3 Å². The Kier molecular flexibility index (Phi) is 4.53. The molecular weight excluding hydrogens is 276 g/mol. The van der Waals surface area contributed by atoms with E-state index in [9.17, 15) is 0 Å². The molecule has 0 radical (unpaired) electrons. The van der Waals surface area contributed by atoms with Crippen LogP contribution in [0.3, 0.4) is 0 Å². The van der Waals surface area contributed by atoms with Gasteiger partial charge < -0.3 is 15.4 Å². The van der Waals surface area contributed by atoms with E-state index in [1.807, 2.05) is 30.5 Å². The molecule has 0 aliphatic carbocycles. The molecule has 1 aromatic heterocycles. The smallest absolute Gasteiger partial charge is 0.192 e. The third kappa shape index (κ3) is 3.36. The molecular formula is C17H20N4O. The average Bonchev–Trinajstić information content (AvgIpc) is 3.08. The van der Waals surface area contributed by atoms with Crippen molar-refractivity contribution in [1.29, 1.82) is 0 Å². The second-order valence-electron chi connectivity index (χ2n) is 5.15. The van der Waals surface area contributed by atoms with Gasteiger partial charge in [0.15, 0.2) is 5.96 Å². The maximum atomic E-state index is 5.50. The van der Waals surface area contributed by atoms with Crippen LogP contribution in [0.25, 0.3) is 0 Å². The average molecular weight is 296 g/mol. The Bertz CT molecular complexity index is 634. The molecule has 1 aliphatic heterocycles. The molecule has 3 rings (SSSR count). The van der Waals surface area contributed by atoms with E-state index >= 15 is 0 Å². The number of hydrogen-bond acceptors (Lipinski definition) is 3. The van der Waals surface area contributed by atoms with Crippen LogP contribution in [0.1, 0.15) is 17.2 Å². The Morgan fingerprint density at radius 3 is 2.73 bits per heavy atom. The summed E-state index contributed by atoms with van der Waals surface area (Å²) < 4.78 is 5.50. The van der Waals surface area contributed by atoms with Crippen molar-refractivity contribution in [3.8, 4) is 5.75 Å². The molecule has 0 amide bonds. The standard InChI is InChI=1S/C17H20N4O/c1-22-16-7-3-2-6-14(16)15(21-17-19-9-10-20-17)11-13-5-4-8-18-12-13/h2-8,12,15H,9-11H2,1H3,(H2,19,20,21). The molecule has 5 nitrogen and oxygen atoms in total. The van der Waals surface area contributed by atoms with Gasteiger partial charge in [0.2, 0.25) is 0 Å². The number of benzene rings is 1. The number of guanidine groups is 1. The molecule has 2 aromatic rings. The van der Waals surface area contributed by atoms with Gasteiger partial charge in [-0.25, -0.2) is 4.99 Å². The van der Waals surface area contributed by atoms with Crippen LogP contribution in [0.2, 0.25) is 0 Å². The van der Waals surface area contributed by atoms with E-state index in [2.05, 4.69) is 27.8 Å². The number of hydrogen-bond donors (Lipinski definition) is 2. The monoisotopic (exact) mass is 296 g/mol. The number of pyridine rings is 1. The SMILES string of the molecule is COc1ccccc1C(Cc1cccnc1)N=C1NCCN1. The lowest BCUT2D eigenvalue weighted by molar-refractivity contribution is 0.405. The summed E-state index contributed by atoms with van der Waals surface area (Å²) in [6, 6.07) is 12.0. The predicted molar refractivity (Wildman–Crippen MR) is 87.1 cm³/mol. The summed E-state index contributed by atoms with van der Waals surface area (Å²) in [5.74, 6) is 1.71. The van der Waals surface area contributed by atoms with Crippen LogP contribution in [0.5, 0.6) is 5.75 Å².